The summed E-state index contributed by atoms with van der Waals surface area (Å²) in [5.74, 6) is 0. The Labute approximate surface area is 79.1 Å². The molecule has 4 atom stereocenters. The van der Waals surface area contributed by atoms with Crippen molar-refractivity contribution in [2.24, 2.45) is 0 Å². The molecule has 1 heterocycles. The summed E-state index contributed by atoms with van der Waals surface area (Å²) in [7, 11) is 4.98. The lowest BCUT2D eigenvalue weighted by molar-refractivity contribution is -0.206. The van der Waals surface area contributed by atoms with Gasteiger partial charge in [-0.25, -0.2) is 0 Å². The first-order valence-corrected chi connectivity index (χ1v) is 4.44. The van der Waals surface area contributed by atoms with Crippen molar-refractivity contribution < 1.29 is 18.9 Å². The van der Waals surface area contributed by atoms with E-state index in [1.807, 2.05) is 6.92 Å². The molecular weight excluding hydrogens is 172 g/mol. The Kier molecular flexibility index (Phi) is 4.12. The summed E-state index contributed by atoms with van der Waals surface area (Å²) < 4.78 is 21.4. The third-order valence-electron chi connectivity index (χ3n) is 2.52. The lowest BCUT2D eigenvalue weighted by Gasteiger charge is -2.39. The van der Waals surface area contributed by atoms with Crippen LogP contribution in [0.4, 0.5) is 0 Å². The van der Waals surface area contributed by atoms with Crippen LogP contribution in [0.1, 0.15) is 6.92 Å². The second-order valence-electron chi connectivity index (χ2n) is 3.21. The Morgan fingerprint density at radius 3 is 2.08 bits per heavy atom. The predicted molar refractivity (Wildman–Crippen MR) is 47.8 cm³/mol. The molecule has 4 unspecified atom stereocenters. The van der Waals surface area contributed by atoms with E-state index in [-0.39, 0.29) is 24.4 Å². The molecule has 0 aliphatic carbocycles. The molecule has 4 heteroatoms. The number of methoxy groups -OCH3 is 3. The van der Waals surface area contributed by atoms with Gasteiger partial charge in [-0.3, -0.25) is 0 Å². The van der Waals surface area contributed by atoms with Crippen molar-refractivity contribution >= 4 is 0 Å². The zero-order valence-electron chi connectivity index (χ0n) is 8.65. The second kappa shape index (κ2) is 4.91. The molecule has 78 valence electrons. The molecule has 1 saturated heterocycles. The van der Waals surface area contributed by atoms with Gasteiger partial charge in [-0.1, -0.05) is 0 Å². The maximum Gasteiger partial charge on any atom is 0.114 e. The van der Waals surface area contributed by atoms with Crippen LogP contribution in [0.25, 0.3) is 0 Å². The maximum absolute atomic E-state index is 5.49. The van der Waals surface area contributed by atoms with Gasteiger partial charge in [0.1, 0.15) is 18.3 Å². The average Bonchev–Trinajstić information content (AvgIpc) is 2.17. The normalized spacial score (nSPS) is 40.6. The first-order chi connectivity index (χ1) is 6.24. The minimum Gasteiger partial charge on any atom is -0.376 e. The van der Waals surface area contributed by atoms with Gasteiger partial charge in [0.25, 0.3) is 0 Å². The summed E-state index contributed by atoms with van der Waals surface area (Å²) in [6.07, 6.45) is -0.0741. The predicted octanol–water partition coefficient (Wildman–Crippen LogP) is 0.450. The molecule has 0 aromatic rings. The Morgan fingerprint density at radius 1 is 1.00 bits per heavy atom. The fraction of sp³-hybridized carbons (Fsp3) is 1.00. The Balaban J connectivity index is 2.64. The Morgan fingerprint density at radius 2 is 1.62 bits per heavy atom. The molecule has 1 rings (SSSR count). The number of hydrogen-bond donors (Lipinski definition) is 0. The molecule has 4 nitrogen and oxygen atoms in total. The molecule has 0 N–H and O–H groups in total. The van der Waals surface area contributed by atoms with Crippen LogP contribution in [0.5, 0.6) is 0 Å². The highest BCUT2D eigenvalue weighted by Gasteiger charge is 2.39. The first kappa shape index (κ1) is 10.9. The lowest BCUT2D eigenvalue weighted by atomic mass is 10.0. The standard InChI is InChI=1S/C9H18O4/c1-6-8(11-3)9(12-4)7(10-2)5-13-6/h6-9H,5H2,1-4H3. The molecule has 0 bridgehead atoms. The molecule has 1 aliphatic heterocycles. The molecule has 0 aromatic heterocycles. The van der Waals surface area contributed by atoms with E-state index in [1.54, 1.807) is 21.3 Å². The second-order valence-corrected chi connectivity index (χ2v) is 3.21. The average molecular weight is 190 g/mol. The molecule has 13 heavy (non-hydrogen) atoms. The molecule has 0 amide bonds. The Hall–Kier alpha value is -0.160. The van der Waals surface area contributed by atoms with Crippen molar-refractivity contribution in [2.75, 3.05) is 27.9 Å². The molecule has 1 aliphatic rings. The zero-order chi connectivity index (χ0) is 9.84. The summed E-state index contributed by atoms with van der Waals surface area (Å²) in [5.41, 5.74) is 0. The van der Waals surface area contributed by atoms with E-state index in [2.05, 4.69) is 0 Å². The summed E-state index contributed by atoms with van der Waals surface area (Å²) in [6.45, 7) is 2.54. The quantitative estimate of drug-likeness (QED) is 0.647. The van der Waals surface area contributed by atoms with Crippen LogP contribution in [0, 0.1) is 0 Å². The fourth-order valence-corrected chi connectivity index (χ4v) is 1.73. The van der Waals surface area contributed by atoms with Crippen LogP contribution in [-0.4, -0.2) is 52.4 Å². The van der Waals surface area contributed by atoms with Gasteiger partial charge in [0.15, 0.2) is 0 Å². The van der Waals surface area contributed by atoms with E-state index < -0.39 is 0 Å². The van der Waals surface area contributed by atoms with Crippen molar-refractivity contribution in [3.05, 3.63) is 0 Å². The third kappa shape index (κ3) is 2.20. The van der Waals surface area contributed by atoms with E-state index in [9.17, 15) is 0 Å². The summed E-state index contributed by atoms with van der Waals surface area (Å²) in [6, 6.07) is 0. The van der Waals surface area contributed by atoms with Crippen molar-refractivity contribution in [3.8, 4) is 0 Å². The first-order valence-electron chi connectivity index (χ1n) is 4.44. The minimum absolute atomic E-state index is 0.0360. The topological polar surface area (TPSA) is 36.9 Å². The van der Waals surface area contributed by atoms with Crippen LogP contribution in [-0.2, 0) is 18.9 Å². The number of rotatable bonds is 3. The van der Waals surface area contributed by atoms with Gasteiger partial charge in [-0.2, -0.15) is 0 Å². The van der Waals surface area contributed by atoms with Crippen LogP contribution in [0.15, 0.2) is 0 Å². The van der Waals surface area contributed by atoms with Gasteiger partial charge in [0.05, 0.1) is 12.7 Å². The SMILES string of the molecule is COC1COC(C)C(OC)C1OC. The molecule has 0 aromatic carbocycles. The Bertz CT molecular complexity index is 151. The third-order valence-corrected chi connectivity index (χ3v) is 2.52. The van der Waals surface area contributed by atoms with Gasteiger partial charge in [-0.05, 0) is 6.92 Å². The van der Waals surface area contributed by atoms with Crippen LogP contribution in [0.3, 0.4) is 0 Å². The van der Waals surface area contributed by atoms with Crippen molar-refractivity contribution in [1.82, 2.24) is 0 Å². The van der Waals surface area contributed by atoms with E-state index in [0.29, 0.717) is 6.61 Å². The number of hydrogen-bond acceptors (Lipinski definition) is 4. The number of ether oxygens (including phenoxy) is 4. The smallest absolute Gasteiger partial charge is 0.114 e. The van der Waals surface area contributed by atoms with Gasteiger partial charge in [0, 0.05) is 21.3 Å². The van der Waals surface area contributed by atoms with Gasteiger partial charge in [-0.15, -0.1) is 0 Å². The summed E-state index contributed by atoms with van der Waals surface area (Å²) >= 11 is 0. The van der Waals surface area contributed by atoms with Gasteiger partial charge in [0.2, 0.25) is 0 Å². The highest BCUT2D eigenvalue weighted by atomic mass is 16.6. The highest BCUT2D eigenvalue weighted by Crippen LogP contribution is 2.21. The largest absolute Gasteiger partial charge is 0.376 e. The van der Waals surface area contributed by atoms with Gasteiger partial charge >= 0.3 is 0 Å². The van der Waals surface area contributed by atoms with E-state index in [4.69, 9.17) is 18.9 Å². The van der Waals surface area contributed by atoms with Crippen LogP contribution < -0.4 is 0 Å². The van der Waals surface area contributed by atoms with Crippen molar-refractivity contribution in [1.29, 1.82) is 0 Å². The summed E-state index contributed by atoms with van der Waals surface area (Å²) in [5, 5.41) is 0. The zero-order valence-corrected chi connectivity index (χ0v) is 8.65. The highest BCUT2D eigenvalue weighted by molar-refractivity contribution is 4.87. The fourth-order valence-electron chi connectivity index (χ4n) is 1.73. The lowest BCUT2D eigenvalue weighted by Crippen LogP contribution is -2.54. The summed E-state index contributed by atoms with van der Waals surface area (Å²) in [4.78, 5) is 0. The van der Waals surface area contributed by atoms with E-state index >= 15 is 0 Å². The monoisotopic (exact) mass is 190 g/mol. The molecule has 0 saturated carbocycles. The van der Waals surface area contributed by atoms with Crippen molar-refractivity contribution in [2.45, 2.75) is 31.3 Å². The van der Waals surface area contributed by atoms with E-state index in [1.165, 1.54) is 0 Å². The van der Waals surface area contributed by atoms with Crippen molar-refractivity contribution in [3.63, 3.8) is 0 Å². The van der Waals surface area contributed by atoms with E-state index in [0.717, 1.165) is 0 Å². The van der Waals surface area contributed by atoms with Gasteiger partial charge < -0.3 is 18.9 Å². The van der Waals surface area contributed by atoms with Crippen LogP contribution >= 0.6 is 0 Å². The van der Waals surface area contributed by atoms with Crippen LogP contribution in [0.2, 0.25) is 0 Å². The molecule has 0 radical (unpaired) electrons. The molecule has 1 fully saturated rings. The minimum atomic E-state index is -0.0521. The molecular formula is C9H18O4. The maximum atomic E-state index is 5.49. The molecule has 0 spiro atoms.